The van der Waals surface area contributed by atoms with E-state index in [1.807, 2.05) is 49.5 Å². The van der Waals surface area contributed by atoms with Crippen molar-refractivity contribution in [3.8, 4) is 0 Å². The predicted molar refractivity (Wildman–Crippen MR) is 237 cm³/mol. The number of fused-ring (bicyclic) bond motifs is 2. The maximum absolute atomic E-state index is 12.6. The highest BCUT2D eigenvalue weighted by Crippen LogP contribution is 2.38. The molecular weight excluding hydrogens is 851 g/mol. The first-order valence-corrected chi connectivity index (χ1v) is 22.6. The third-order valence-electron chi connectivity index (χ3n) is 12.2. The Balaban J connectivity index is 1.84. The molecule has 18 heteroatoms. The number of carboxylic acid groups (broad SMARTS) is 1. The summed E-state index contributed by atoms with van der Waals surface area (Å²) < 4.78 is 23.2. The summed E-state index contributed by atoms with van der Waals surface area (Å²) in [7, 11) is 0. The molecule has 2 fully saturated rings. The zero-order valence-corrected chi connectivity index (χ0v) is 37.8. The first-order valence-electron chi connectivity index (χ1n) is 22.6. The highest BCUT2D eigenvalue weighted by Gasteiger charge is 2.51. The minimum atomic E-state index is -2.35. The van der Waals surface area contributed by atoms with E-state index in [1.54, 1.807) is 38.2 Å². The lowest BCUT2D eigenvalue weighted by Crippen LogP contribution is -2.61. The van der Waals surface area contributed by atoms with Crippen molar-refractivity contribution < 1.29 is 84.7 Å². The molecule has 0 aromatic carbocycles. The summed E-state index contributed by atoms with van der Waals surface area (Å²) in [5, 5.41) is 118. The number of carbonyl (C=O) groups excluding carboxylic acids is 1. The van der Waals surface area contributed by atoms with E-state index in [4.69, 9.17) is 24.7 Å². The van der Waals surface area contributed by atoms with E-state index < -0.39 is 141 Å². The van der Waals surface area contributed by atoms with Crippen LogP contribution in [0.25, 0.3) is 0 Å². The number of hydrogen-bond donors (Lipinski definition) is 12. The fourth-order valence-corrected chi connectivity index (χ4v) is 8.11. The maximum atomic E-state index is 12.6. The molecular formula is C47H75NO17. The molecule has 0 aromatic rings. The molecule has 0 amide bonds. The third-order valence-corrected chi connectivity index (χ3v) is 12.2. The Labute approximate surface area is 381 Å². The predicted octanol–water partition coefficient (Wildman–Crippen LogP) is 0.936. The Kier molecular flexibility index (Phi) is 23.8. The Morgan fingerprint density at radius 1 is 0.692 bits per heavy atom. The van der Waals surface area contributed by atoms with Crippen LogP contribution in [0.1, 0.15) is 91.9 Å². The number of aliphatic carboxylic acids is 1. The van der Waals surface area contributed by atoms with Gasteiger partial charge in [-0.25, -0.2) is 0 Å². The standard InChI is InChI=1S/C47H75NO17/c1-27-17-15-13-11-9-7-5-6-8-10-12-14-16-18-34(64-46-44(58)41(48)43(57)30(4)63-46)24-38-40(45(59)60)37(54)26-47(61,65-38)25-36(53)35(52)20-19-31(49)21-32(50)22-33(51)23-39(55)62-29(3)28(2)42(27)56/h5-6,8,10-18,27-38,40-44,46,49-54,56-58,61H,7,9,19-26,48H2,1-4H3,(H,59,60)/b6-5+,10-8-,13-11+,14-12+,17-15+,18-16+/t27-,28-,29-,30+,31+,32+,33+,34-,35+,36+,37-,38+,40+,41-,42+,43+,44-,46-,47-/m0/s1. The second kappa shape index (κ2) is 27.6. The molecule has 0 saturated carbocycles. The van der Waals surface area contributed by atoms with E-state index in [-0.39, 0.29) is 38.0 Å². The SMILES string of the molecule is C[C@@H]1[C@H](O)[C@@H](C)/C=C/C=C/CC/C=C/C=C\C=C\C=C\[C@H](O[C@@H]2O[C@H](C)[C@@H](O)[C@H](N)[C@@H]2O)C[C@H]2O[C@@](O)(C[C@@H](O)[C@H](O)CC[C@@H](O)C[C@@H](O)C[C@@H](O)CC(=O)O[C@H]1C)C[C@H](O)[C@H]2C(=O)O. The molecule has 2 bridgehead atoms. The largest absolute Gasteiger partial charge is 0.481 e. The van der Waals surface area contributed by atoms with Crippen LogP contribution >= 0.6 is 0 Å². The topological polar surface area (TPSA) is 320 Å². The normalized spacial score (nSPS) is 45.2. The highest BCUT2D eigenvalue weighted by atomic mass is 16.7. The lowest BCUT2D eigenvalue weighted by atomic mass is 9.82. The van der Waals surface area contributed by atoms with Gasteiger partial charge in [-0.05, 0) is 52.4 Å². The van der Waals surface area contributed by atoms with E-state index in [0.717, 1.165) is 12.8 Å². The van der Waals surface area contributed by atoms with E-state index in [9.17, 15) is 65.8 Å². The molecule has 19 atom stereocenters. The molecule has 370 valence electrons. The van der Waals surface area contributed by atoms with Crippen molar-refractivity contribution in [2.24, 2.45) is 23.5 Å². The number of aliphatic hydroxyl groups excluding tert-OH is 9. The highest BCUT2D eigenvalue weighted by molar-refractivity contribution is 5.71. The molecule has 65 heavy (non-hydrogen) atoms. The van der Waals surface area contributed by atoms with Gasteiger partial charge in [0.2, 0.25) is 0 Å². The zero-order chi connectivity index (χ0) is 48.4. The third kappa shape index (κ3) is 18.8. The van der Waals surface area contributed by atoms with E-state index in [1.165, 1.54) is 13.0 Å². The van der Waals surface area contributed by atoms with Gasteiger partial charge in [0, 0.05) is 31.1 Å². The van der Waals surface area contributed by atoms with Crippen LogP contribution in [0.3, 0.4) is 0 Å². The molecule has 0 aromatic heterocycles. The van der Waals surface area contributed by atoms with Crippen molar-refractivity contribution in [1.29, 1.82) is 0 Å². The van der Waals surface area contributed by atoms with Gasteiger partial charge < -0.3 is 80.9 Å². The number of allylic oxidation sites excluding steroid dienone is 10. The van der Waals surface area contributed by atoms with Crippen molar-refractivity contribution in [2.75, 3.05) is 0 Å². The van der Waals surface area contributed by atoms with Crippen LogP contribution in [-0.2, 0) is 28.5 Å². The fourth-order valence-electron chi connectivity index (χ4n) is 8.11. The minimum Gasteiger partial charge on any atom is -0.481 e. The van der Waals surface area contributed by atoms with Crippen LogP contribution in [0.5, 0.6) is 0 Å². The summed E-state index contributed by atoms with van der Waals surface area (Å²) in [6.45, 7) is 6.78. The first-order chi connectivity index (χ1) is 30.6. The number of ether oxygens (including phenoxy) is 4. The van der Waals surface area contributed by atoms with Gasteiger partial charge in [-0.1, -0.05) is 86.8 Å². The smallest absolute Gasteiger partial charge is 0.311 e. The van der Waals surface area contributed by atoms with Gasteiger partial charge in [-0.3, -0.25) is 9.59 Å². The number of carboxylic acids is 1. The van der Waals surface area contributed by atoms with Crippen LogP contribution in [0, 0.1) is 17.8 Å². The number of esters is 1. The van der Waals surface area contributed by atoms with Crippen molar-refractivity contribution >= 4 is 11.9 Å². The average Bonchev–Trinajstić information content (AvgIpc) is 3.21. The van der Waals surface area contributed by atoms with Crippen LogP contribution in [0.4, 0.5) is 0 Å². The van der Waals surface area contributed by atoms with Crippen molar-refractivity contribution in [3.05, 3.63) is 72.9 Å². The Bertz CT molecular complexity index is 1620. The number of aliphatic hydroxyl groups is 10. The molecule has 0 unspecified atom stereocenters. The number of nitrogens with two attached hydrogens (primary N) is 1. The van der Waals surface area contributed by atoms with Gasteiger partial charge in [0.25, 0.3) is 0 Å². The molecule has 0 aliphatic carbocycles. The number of cyclic esters (lactones) is 1. The van der Waals surface area contributed by atoms with Gasteiger partial charge in [0.15, 0.2) is 12.1 Å². The van der Waals surface area contributed by atoms with E-state index >= 15 is 0 Å². The lowest BCUT2D eigenvalue weighted by molar-refractivity contribution is -0.310. The van der Waals surface area contributed by atoms with Gasteiger partial charge >= 0.3 is 11.9 Å². The number of rotatable bonds is 3. The average molecular weight is 926 g/mol. The van der Waals surface area contributed by atoms with Gasteiger partial charge in [-0.2, -0.15) is 0 Å². The van der Waals surface area contributed by atoms with Crippen LogP contribution in [0.15, 0.2) is 72.9 Å². The monoisotopic (exact) mass is 926 g/mol. The van der Waals surface area contributed by atoms with Gasteiger partial charge in [0.1, 0.15) is 18.1 Å². The van der Waals surface area contributed by atoms with Crippen LogP contribution < -0.4 is 5.73 Å². The van der Waals surface area contributed by atoms with Crippen molar-refractivity contribution in [3.63, 3.8) is 0 Å². The van der Waals surface area contributed by atoms with Gasteiger partial charge in [-0.15, -0.1) is 0 Å². The molecule has 0 spiro atoms. The second-order valence-electron chi connectivity index (χ2n) is 17.8. The molecule has 13 N–H and O–H groups in total. The summed E-state index contributed by atoms with van der Waals surface area (Å²) in [5.41, 5.74) is 6.02. The quantitative estimate of drug-likeness (QED) is 0.175. The second-order valence-corrected chi connectivity index (χ2v) is 17.8. The molecule has 18 nitrogen and oxygen atoms in total. The van der Waals surface area contributed by atoms with Crippen LogP contribution in [0.2, 0.25) is 0 Å². The fraction of sp³-hybridized carbons (Fsp3) is 0.702. The molecule has 0 radical (unpaired) electrons. The number of carbonyl (C=O) groups is 2. The molecule has 3 aliphatic rings. The zero-order valence-electron chi connectivity index (χ0n) is 37.8. The Morgan fingerprint density at radius 2 is 1.28 bits per heavy atom. The van der Waals surface area contributed by atoms with Gasteiger partial charge in [0.05, 0.1) is 79.6 Å². The summed E-state index contributed by atoms with van der Waals surface area (Å²) >= 11 is 0. The first kappa shape index (κ1) is 56.1. The van der Waals surface area contributed by atoms with E-state index in [0.29, 0.717) is 0 Å². The summed E-state index contributed by atoms with van der Waals surface area (Å²) in [6.07, 6.45) is 2.28. The Hall–Kier alpha value is -3.18. The summed E-state index contributed by atoms with van der Waals surface area (Å²) in [5.74, 6) is -6.82. The van der Waals surface area contributed by atoms with Crippen molar-refractivity contribution in [2.45, 2.75) is 189 Å². The Morgan fingerprint density at radius 3 is 1.94 bits per heavy atom. The molecule has 3 rings (SSSR count). The van der Waals surface area contributed by atoms with Crippen molar-refractivity contribution in [1.82, 2.24) is 0 Å². The van der Waals surface area contributed by atoms with Crippen LogP contribution in [-0.4, -0.2) is 166 Å². The lowest BCUT2D eigenvalue weighted by Gasteiger charge is -2.45. The molecule has 3 heterocycles. The summed E-state index contributed by atoms with van der Waals surface area (Å²) in [4.78, 5) is 25.1. The van der Waals surface area contributed by atoms with E-state index in [2.05, 4.69) is 0 Å². The number of hydrogen-bond acceptors (Lipinski definition) is 17. The molecule has 2 saturated heterocycles. The maximum Gasteiger partial charge on any atom is 0.311 e. The summed E-state index contributed by atoms with van der Waals surface area (Å²) in [6, 6.07) is -1.14. The minimum absolute atomic E-state index is 0.138. The molecule has 3 aliphatic heterocycles.